The second-order valence-corrected chi connectivity index (χ2v) is 9.61. The molecule has 4 heterocycles. The van der Waals surface area contributed by atoms with Crippen LogP contribution in [-0.4, -0.2) is 49.7 Å². The van der Waals surface area contributed by atoms with Gasteiger partial charge in [-0.2, -0.15) is 10.4 Å². The van der Waals surface area contributed by atoms with Gasteiger partial charge in [0.15, 0.2) is 11.5 Å². The third-order valence-corrected chi connectivity index (χ3v) is 6.87. The zero-order valence-electron chi connectivity index (χ0n) is 19.5. The number of pyridine rings is 1. The molecule has 1 unspecified atom stereocenters. The van der Waals surface area contributed by atoms with E-state index in [9.17, 15) is 14.4 Å². The summed E-state index contributed by atoms with van der Waals surface area (Å²) in [6.45, 7) is 3.44. The monoisotopic (exact) mass is 472 g/mol. The van der Waals surface area contributed by atoms with Crippen LogP contribution in [0.4, 0.5) is 15.8 Å². The van der Waals surface area contributed by atoms with Gasteiger partial charge in [0.25, 0.3) is 5.91 Å². The van der Waals surface area contributed by atoms with Crippen LogP contribution in [0.3, 0.4) is 0 Å². The van der Waals surface area contributed by atoms with Gasteiger partial charge in [0.1, 0.15) is 11.1 Å². The largest absolute Gasteiger partial charge is 0.369 e. The second kappa shape index (κ2) is 7.78. The molecule has 1 atom stereocenters. The van der Waals surface area contributed by atoms with Crippen molar-refractivity contribution in [1.29, 1.82) is 5.26 Å². The first-order valence-electron chi connectivity index (χ1n) is 11.7. The predicted molar refractivity (Wildman–Crippen MR) is 130 cm³/mol. The van der Waals surface area contributed by atoms with Gasteiger partial charge in [0, 0.05) is 61.9 Å². The summed E-state index contributed by atoms with van der Waals surface area (Å²) in [5.41, 5.74) is 2.93. The van der Waals surface area contributed by atoms with E-state index in [1.807, 2.05) is 19.3 Å². The number of carbonyl (C=O) groups excluding carboxylic acids is 1. The average molecular weight is 473 g/mol. The summed E-state index contributed by atoms with van der Waals surface area (Å²) in [6, 6.07) is 7.65. The number of fused-ring (bicyclic) bond motifs is 2. The number of nitrogens with zero attached hydrogens (tertiary/aromatic N) is 6. The van der Waals surface area contributed by atoms with Gasteiger partial charge in [0.05, 0.1) is 23.0 Å². The van der Waals surface area contributed by atoms with E-state index in [1.54, 1.807) is 34.5 Å². The standard InChI is InChI=1S/C25H25FN8O/c1-15-10-34-12-17(9-20(26)23(34)28-15)29-24(35)18-3-4-21(19-13-32(2)31-22(18)19)33-8-5-16(11-33)30-25(14-27)6-7-25/h3-4,9-10,12-13,16,30H,5-8,11H2,1-2H3,(H,29,35). The Kier molecular flexibility index (Phi) is 4.79. The van der Waals surface area contributed by atoms with Crippen LogP contribution in [0.25, 0.3) is 16.6 Å². The van der Waals surface area contributed by atoms with Gasteiger partial charge in [-0.15, -0.1) is 0 Å². The lowest BCUT2D eigenvalue weighted by Crippen LogP contribution is -2.41. The Balaban J connectivity index is 1.27. The molecule has 6 rings (SSSR count). The molecule has 0 spiro atoms. The zero-order valence-corrected chi connectivity index (χ0v) is 19.5. The molecule has 0 radical (unpaired) electrons. The molecule has 2 fully saturated rings. The number of nitrogens with one attached hydrogen (secondary N) is 2. The smallest absolute Gasteiger partial charge is 0.257 e. The molecule has 35 heavy (non-hydrogen) atoms. The maximum Gasteiger partial charge on any atom is 0.257 e. The van der Waals surface area contributed by atoms with E-state index < -0.39 is 5.82 Å². The summed E-state index contributed by atoms with van der Waals surface area (Å²) in [6.07, 6.45) is 8.04. The van der Waals surface area contributed by atoms with Gasteiger partial charge in [-0.25, -0.2) is 9.37 Å². The van der Waals surface area contributed by atoms with E-state index in [2.05, 4.69) is 31.7 Å². The quantitative estimate of drug-likeness (QED) is 0.463. The number of nitriles is 1. The van der Waals surface area contributed by atoms with Crippen LogP contribution >= 0.6 is 0 Å². The first-order valence-corrected chi connectivity index (χ1v) is 11.7. The lowest BCUT2D eigenvalue weighted by molar-refractivity contribution is 0.102. The molecule has 4 aromatic rings. The van der Waals surface area contributed by atoms with Crippen LogP contribution in [-0.2, 0) is 7.05 Å². The summed E-state index contributed by atoms with van der Waals surface area (Å²) in [5, 5.41) is 21.2. The molecule has 2 N–H and O–H groups in total. The molecule has 3 aromatic heterocycles. The van der Waals surface area contributed by atoms with Crippen molar-refractivity contribution < 1.29 is 9.18 Å². The Bertz CT molecular complexity index is 1530. The number of aromatic nitrogens is 4. The van der Waals surface area contributed by atoms with E-state index in [1.165, 1.54) is 6.07 Å². The van der Waals surface area contributed by atoms with Gasteiger partial charge >= 0.3 is 0 Å². The van der Waals surface area contributed by atoms with Gasteiger partial charge in [-0.3, -0.25) is 14.8 Å². The van der Waals surface area contributed by atoms with E-state index in [-0.39, 0.29) is 23.1 Å². The second-order valence-electron chi connectivity index (χ2n) is 9.61. The number of hydrogen-bond donors (Lipinski definition) is 2. The van der Waals surface area contributed by atoms with Crippen LogP contribution in [0.1, 0.15) is 35.3 Å². The van der Waals surface area contributed by atoms with Gasteiger partial charge in [0.2, 0.25) is 0 Å². The molecule has 0 bridgehead atoms. The molecule has 1 saturated heterocycles. The number of halogens is 1. The van der Waals surface area contributed by atoms with Crippen molar-refractivity contribution in [2.45, 2.75) is 37.8 Å². The number of amides is 1. The number of hydrogen-bond acceptors (Lipinski definition) is 6. The molecule has 10 heteroatoms. The molecule has 1 aromatic carbocycles. The Morgan fingerprint density at radius 1 is 1.29 bits per heavy atom. The van der Waals surface area contributed by atoms with Crippen LogP contribution in [0.15, 0.2) is 36.8 Å². The average Bonchev–Trinajstić information content (AvgIpc) is 3.10. The van der Waals surface area contributed by atoms with E-state index in [0.29, 0.717) is 22.5 Å². The number of rotatable bonds is 5. The molecule has 1 aliphatic heterocycles. The molecule has 1 amide bonds. The Morgan fingerprint density at radius 2 is 2.11 bits per heavy atom. The predicted octanol–water partition coefficient (Wildman–Crippen LogP) is 3.15. The van der Waals surface area contributed by atoms with E-state index >= 15 is 0 Å². The summed E-state index contributed by atoms with van der Waals surface area (Å²) in [7, 11) is 1.83. The number of anilines is 2. The minimum absolute atomic E-state index is 0.220. The number of carbonyl (C=O) groups is 1. The van der Waals surface area contributed by atoms with Gasteiger partial charge in [-0.05, 0) is 38.3 Å². The molecule has 1 aliphatic carbocycles. The van der Waals surface area contributed by atoms with Crippen molar-refractivity contribution in [1.82, 2.24) is 24.5 Å². The van der Waals surface area contributed by atoms with Gasteiger partial charge < -0.3 is 14.6 Å². The minimum atomic E-state index is -0.504. The fourth-order valence-corrected chi connectivity index (χ4v) is 5.01. The summed E-state index contributed by atoms with van der Waals surface area (Å²) in [4.78, 5) is 19.6. The fourth-order valence-electron chi connectivity index (χ4n) is 5.01. The number of imidazole rings is 1. The van der Waals surface area contributed by atoms with Gasteiger partial charge in [-0.1, -0.05) is 0 Å². The molecular formula is C25H25FN8O. The highest BCUT2D eigenvalue weighted by molar-refractivity contribution is 6.13. The molecule has 178 valence electrons. The topological polar surface area (TPSA) is 103 Å². The fraction of sp³-hybridized carbons (Fsp3) is 0.360. The molecule has 2 aliphatic rings. The van der Waals surface area contributed by atoms with E-state index in [4.69, 9.17) is 0 Å². The highest BCUT2D eigenvalue weighted by Gasteiger charge is 2.45. The molecule has 1 saturated carbocycles. The number of aryl methyl sites for hydroxylation is 2. The molecular weight excluding hydrogens is 447 g/mol. The molecule has 9 nitrogen and oxygen atoms in total. The first-order chi connectivity index (χ1) is 16.8. The highest BCUT2D eigenvalue weighted by atomic mass is 19.1. The third-order valence-electron chi connectivity index (χ3n) is 6.87. The van der Waals surface area contributed by atoms with Crippen molar-refractivity contribution >= 4 is 33.8 Å². The Hall–Kier alpha value is -3.97. The Morgan fingerprint density at radius 3 is 2.89 bits per heavy atom. The SMILES string of the molecule is Cc1cn2cc(NC(=O)c3ccc(N4CCC(NC5(C#N)CC5)C4)c4cn(C)nc34)cc(F)c2n1. The van der Waals surface area contributed by atoms with Crippen LogP contribution in [0, 0.1) is 24.1 Å². The summed E-state index contributed by atoms with van der Waals surface area (Å²) < 4.78 is 17.7. The third kappa shape index (κ3) is 3.78. The van der Waals surface area contributed by atoms with Crippen molar-refractivity contribution in [2.24, 2.45) is 7.05 Å². The van der Waals surface area contributed by atoms with Crippen molar-refractivity contribution in [3.05, 3.63) is 53.9 Å². The summed E-state index contributed by atoms with van der Waals surface area (Å²) in [5.74, 6) is -0.864. The Labute approximate surface area is 201 Å². The van der Waals surface area contributed by atoms with Crippen LogP contribution < -0.4 is 15.5 Å². The summed E-state index contributed by atoms with van der Waals surface area (Å²) >= 11 is 0. The zero-order chi connectivity index (χ0) is 24.3. The highest BCUT2D eigenvalue weighted by Crippen LogP contribution is 2.37. The lowest BCUT2D eigenvalue weighted by Gasteiger charge is -2.21. The van der Waals surface area contributed by atoms with Crippen molar-refractivity contribution in [3.8, 4) is 6.07 Å². The normalized spacial score (nSPS) is 18.8. The van der Waals surface area contributed by atoms with Crippen molar-refractivity contribution in [2.75, 3.05) is 23.3 Å². The van der Waals surface area contributed by atoms with Crippen molar-refractivity contribution in [3.63, 3.8) is 0 Å². The first kappa shape index (κ1) is 21.6. The number of benzene rings is 1. The van der Waals surface area contributed by atoms with Crippen LogP contribution in [0.5, 0.6) is 0 Å². The maximum atomic E-state index is 14.5. The van der Waals surface area contributed by atoms with E-state index in [0.717, 1.165) is 43.4 Å². The minimum Gasteiger partial charge on any atom is -0.369 e. The van der Waals surface area contributed by atoms with Crippen LogP contribution in [0.2, 0.25) is 0 Å². The lowest BCUT2D eigenvalue weighted by atomic mass is 10.1. The maximum absolute atomic E-state index is 14.5.